The lowest BCUT2D eigenvalue weighted by molar-refractivity contribution is -0.143. The van der Waals surface area contributed by atoms with Gasteiger partial charge in [0.05, 0.1) is 5.02 Å². The molecule has 0 saturated heterocycles. The highest BCUT2D eigenvalue weighted by Gasteiger charge is 2.33. The molecule has 1 atom stereocenters. The highest BCUT2D eigenvalue weighted by atomic mass is 79.9. The largest absolute Gasteiger partial charge is 0.482 e. The van der Waals surface area contributed by atoms with Gasteiger partial charge in [0.25, 0.3) is 5.91 Å². The third-order valence-electron chi connectivity index (χ3n) is 6.86. The lowest BCUT2D eigenvalue weighted by Gasteiger charge is -2.33. The molecule has 5 nitrogen and oxygen atoms in total. The minimum Gasteiger partial charge on any atom is -0.482 e. The van der Waals surface area contributed by atoms with E-state index in [2.05, 4.69) is 21.2 Å². The number of halogens is 4. The van der Waals surface area contributed by atoms with Crippen LogP contribution in [0.3, 0.4) is 0 Å². The second-order valence-corrected chi connectivity index (χ2v) is 11.8. The zero-order valence-corrected chi connectivity index (χ0v) is 25.2. The van der Waals surface area contributed by atoms with Gasteiger partial charge >= 0.3 is 0 Å². The molecule has 0 radical (unpaired) electrons. The monoisotopic (exact) mass is 650 g/mol. The van der Waals surface area contributed by atoms with Crippen molar-refractivity contribution in [2.75, 3.05) is 6.61 Å². The molecule has 0 aliphatic heterocycles. The van der Waals surface area contributed by atoms with Crippen LogP contribution in [0.2, 0.25) is 15.1 Å². The number of nitrogens with one attached hydrogen (secondary N) is 1. The van der Waals surface area contributed by atoms with E-state index in [-0.39, 0.29) is 31.0 Å². The number of carbonyl (C=O) groups excluding carboxylic acids is 2. The molecule has 2 amide bonds. The Morgan fingerprint density at radius 2 is 1.62 bits per heavy atom. The van der Waals surface area contributed by atoms with Crippen molar-refractivity contribution in [2.24, 2.45) is 0 Å². The van der Waals surface area contributed by atoms with Crippen LogP contribution in [0.5, 0.6) is 5.75 Å². The van der Waals surface area contributed by atoms with E-state index in [9.17, 15) is 9.59 Å². The molecule has 1 saturated carbocycles. The van der Waals surface area contributed by atoms with Gasteiger partial charge in [0, 0.05) is 39.1 Å². The SMILES string of the molecule is O=C(NC1CCCCC1)C(Cc1ccccc1)N(Cc1c(Cl)cccc1Cl)C(=O)COc1ccc(Br)cc1Cl. The first kappa shape index (κ1) is 29.7. The first-order chi connectivity index (χ1) is 18.8. The van der Waals surface area contributed by atoms with Crippen LogP contribution >= 0.6 is 50.7 Å². The predicted octanol–water partition coefficient (Wildman–Crippen LogP) is 7.88. The summed E-state index contributed by atoms with van der Waals surface area (Å²) in [4.78, 5) is 29.2. The van der Waals surface area contributed by atoms with Gasteiger partial charge in [-0.1, -0.05) is 106 Å². The molecule has 9 heteroatoms. The van der Waals surface area contributed by atoms with Crippen molar-refractivity contribution >= 4 is 62.5 Å². The average Bonchev–Trinajstić information content (AvgIpc) is 2.92. The maximum absolute atomic E-state index is 13.8. The van der Waals surface area contributed by atoms with Crippen LogP contribution in [0, 0.1) is 0 Å². The van der Waals surface area contributed by atoms with Crippen LogP contribution in [-0.4, -0.2) is 35.4 Å². The molecule has 1 N–H and O–H groups in total. The number of hydrogen-bond acceptors (Lipinski definition) is 3. The van der Waals surface area contributed by atoms with Crippen LogP contribution in [-0.2, 0) is 22.6 Å². The fourth-order valence-corrected chi connectivity index (χ4v) is 6.01. The van der Waals surface area contributed by atoms with Gasteiger partial charge in [-0.3, -0.25) is 9.59 Å². The zero-order valence-electron chi connectivity index (χ0n) is 21.3. The second-order valence-electron chi connectivity index (χ2n) is 9.63. The minimum atomic E-state index is -0.807. The Morgan fingerprint density at radius 3 is 2.28 bits per heavy atom. The van der Waals surface area contributed by atoms with E-state index in [1.165, 1.54) is 11.3 Å². The van der Waals surface area contributed by atoms with Gasteiger partial charge in [-0.2, -0.15) is 0 Å². The topological polar surface area (TPSA) is 58.6 Å². The van der Waals surface area contributed by atoms with E-state index in [0.29, 0.717) is 32.8 Å². The molecule has 1 aliphatic rings. The summed E-state index contributed by atoms with van der Waals surface area (Å²) in [5.41, 5.74) is 1.50. The predicted molar refractivity (Wildman–Crippen MR) is 161 cm³/mol. The van der Waals surface area contributed by atoms with E-state index in [4.69, 9.17) is 39.5 Å². The summed E-state index contributed by atoms with van der Waals surface area (Å²) in [5.74, 6) is -0.219. The second kappa shape index (κ2) is 14.4. The molecule has 39 heavy (non-hydrogen) atoms. The summed E-state index contributed by atoms with van der Waals surface area (Å²) in [7, 11) is 0. The fraction of sp³-hybridized carbons (Fsp3) is 0.333. The highest BCUT2D eigenvalue weighted by molar-refractivity contribution is 9.10. The lowest BCUT2D eigenvalue weighted by Crippen LogP contribution is -2.53. The van der Waals surface area contributed by atoms with Gasteiger partial charge in [-0.15, -0.1) is 0 Å². The van der Waals surface area contributed by atoms with Gasteiger partial charge in [0.15, 0.2) is 6.61 Å². The number of ether oxygens (including phenoxy) is 1. The Morgan fingerprint density at radius 1 is 0.923 bits per heavy atom. The highest BCUT2D eigenvalue weighted by Crippen LogP contribution is 2.30. The maximum Gasteiger partial charge on any atom is 0.261 e. The number of benzene rings is 3. The van der Waals surface area contributed by atoms with E-state index in [1.54, 1.807) is 36.4 Å². The normalized spacial score (nSPS) is 14.5. The average molecular weight is 653 g/mol. The molecule has 206 valence electrons. The van der Waals surface area contributed by atoms with Crippen molar-refractivity contribution in [3.8, 4) is 5.75 Å². The van der Waals surface area contributed by atoms with Gasteiger partial charge in [0.1, 0.15) is 11.8 Å². The van der Waals surface area contributed by atoms with E-state index in [1.807, 2.05) is 30.3 Å². The van der Waals surface area contributed by atoms with Crippen LogP contribution in [0.1, 0.15) is 43.2 Å². The molecular formula is C30H30BrCl3N2O3. The number of rotatable bonds is 10. The molecule has 0 aromatic heterocycles. The van der Waals surface area contributed by atoms with E-state index >= 15 is 0 Å². The summed E-state index contributed by atoms with van der Waals surface area (Å²) in [6.45, 7) is -0.268. The molecule has 1 aliphatic carbocycles. The number of carbonyl (C=O) groups is 2. The van der Waals surface area contributed by atoms with E-state index in [0.717, 1.165) is 35.7 Å². The molecule has 3 aromatic carbocycles. The maximum atomic E-state index is 13.8. The van der Waals surface area contributed by atoms with Gasteiger partial charge < -0.3 is 15.0 Å². The summed E-state index contributed by atoms with van der Waals surface area (Å²) < 4.78 is 6.62. The van der Waals surface area contributed by atoms with Gasteiger partial charge in [0.2, 0.25) is 5.91 Å². The molecule has 0 heterocycles. The molecule has 0 bridgehead atoms. The molecule has 0 spiro atoms. The Balaban J connectivity index is 1.65. The number of hydrogen-bond donors (Lipinski definition) is 1. The third-order valence-corrected chi connectivity index (χ3v) is 8.35. The van der Waals surface area contributed by atoms with E-state index < -0.39 is 6.04 Å². The Bertz CT molecular complexity index is 1270. The first-order valence-corrected chi connectivity index (χ1v) is 14.9. The van der Waals surface area contributed by atoms with Crippen LogP contribution < -0.4 is 10.1 Å². The Hall–Kier alpha value is -2.25. The number of amides is 2. The van der Waals surface area contributed by atoms with Crippen LogP contribution in [0.15, 0.2) is 71.2 Å². The smallest absolute Gasteiger partial charge is 0.261 e. The molecule has 1 fully saturated rings. The number of nitrogens with zero attached hydrogens (tertiary/aromatic N) is 1. The van der Waals surface area contributed by atoms with Crippen molar-refractivity contribution < 1.29 is 14.3 Å². The van der Waals surface area contributed by atoms with Crippen molar-refractivity contribution in [1.29, 1.82) is 0 Å². The summed E-state index contributed by atoms with van der Waals surface area (Å²) >= 11 is 22.7. The van der Waals surface area contributed by atoms with Gasteiger partial charge in [-0.05, 0) is 48.7 Å². The fourth-order valence-electron chi connectivity index (χ4n) is 4.77. The summed E-state index contributed by atoms with van der Waals surface area (Å²) in [6, 6.07) is 19.3. The first-order valence-electron chi connectivity index (χ1n) is 13.0. The van der Waals surface area contributed by atoms with Crippen molar-refractivity contribution in [3.05, 3.63) is 97.4 Å². The summed E-state index contributed by atoms with van der Waals surface area (Å²) in [6.07, 6.45) is 5.51. The van der Waals surface area contributed by atoms with Crippen LogP contribution in [0.4, 0.5) is 0 Å². The quantitative estimate of drug-likeness (QED) is 0.243. The third kappa shape index (κ3) is 8.37. The molecule has 4 rings (SSSR count). The Labute approximate surface area is 252 Å². The van der Waals surface area contributed by atoms with Crippen molar-refractivity contribution in [2.45, 2.75) is 57.2 Å². The van der Waals surface area contributed by atoms with Crippen molar-refractivity contribution in [1.82, 2.24) is 10.2 Å². The minimum absolute atomic E-state index is 0.0460. The lowest BCUT2D eigenvalue weighted by atomic mass is 9.94. The molecular weight excluding hydrogens is 623 g/mol. The standard InChI is InChI=1S/C30H30BrCl3N2O3/c31-21-14-15-28(26(34)17-21)39-19-29(37)36(18-23-24(32)12-7-13-25(23)33)27(16-20-8-3-1-4-9-20)30(38)35-22-10-5-2-6-11-22/h1,3-4,7-9,12-15,17,22,27H,2,5-6,10-11,16,18-19H2,(H,35,38). The summed E-state index contributed by atoms with van der Waals surface area (Å²) in [5, 5.41) is 4.42. The molecule has 1 unspecified atom stereocenters. The van der Waals surface area contributed by atoms with Crippen LogP contribution in [0.25, 0.3) is 0 Å². The van der Waals surface area contributed by atoms with Crippen molar-refractivity contribution in [3.63, 3.8) is 0 Å². The Kier molecular flexibility index (Phi) is 11.0. The molecule has 3 aromatic rings. The zero-order chi connectivity index (χ0) is 27.8. The van der Waals surface area contributed by atoms with Gasteiger partial charge in [-0.25, -0.2) is 0 Å².